The molecule has 3 rings (SSSR count). The van der Waals surface area contributed by atoms with Gasteiger partial charge in [0.2, 0.25) is 0 Å². The van der Waals surface area contributed by atoms with Crippen molar-refractivity contribution in [3.8, 4) is 5.75 Å². The molecule has 0 bridgehead atoms. The van der Waals surface area contributed by atoms with Crippen LogP contribution < -0.4 is 4.74 Å². The second-order valence-electron chi connectivity index (χ2n) is 8.53. The van der Waals surface area contributed by atoms with Crippen molar-refractivity contribution in [3.05, 3.63) is 65.2 Å². The predicted octanol–water partition coefficient (Wildman–Crippen LogP) is 6.05. The van der Waals surface area contributed by atoms with Crippen molar-refractivity contribution in [1.29, 1.82) is 0 Å². The molecule has 0 aromatic heterocycles. The number of hydrogen-bond donors (Lipinski definition) is 0. The zero-order chi connectivity index (χ0) is 19.1. The molecular formula is C25H36NOY+. The maximum Gasteiger partial charge on any atom is 0.145 e. The topological polar surface area (TPSA) is 9.23 Å². The molecule has 1 radical (unpaired) electrons. The molecule has 0 spiro atoms. The molecule has 1 heterocycles. The molecule has 2 aromatic carbocycles. The van der Waals surface area contributed by atoms with Gasteiger partial charge < -0.3 is 9.22 Å². The molecule has 1 aliphatic rings. The van der Waals surface area contributed by atoms with Gasteiger partial charge in [-0.25, -0.2) is 0 Å². The molecular weight excluding hydrogens is 419 g/mol. The molecule has 1 atom stereocenters. The number of nitrogens with zero attached hydrogens (tertiary/aromatic N) is 1. The SMILES string of the molecule is Cc1cccc(C)c1OC(C)C[N+]1(Cc2ccccc2)CCCCCCC1.[Y]. The Morgan fingerprint density at radius 3 is 2.00 bits per heavy atom. The number of benzene rings is 2. The third-order valence-electron chi connectivity index (χ3n) is 6.00. The van der Waals surface area contributed by atoms with Gasteiger partial charge in [-0.2, -0.15) is 0 Å². The minimum Gasteiger partial charge on any atom is -0.484 e. The van der Waals surface area contributed by atoms with Gasteiger partial charge in [-0.3, -0.25) is 0 Å². The van der Waals surface area contributed by atoms with Crippen molar-refractivity contribution >= 4 is 0 Å². The van der Waals surface area contributed by atoms with Gasteiger partial charge in [-0.1, -0.05) is 55.0 Å². The largest absolute Gasteiger partial charge is 0.484 e. The Balaban J connectivity index is 0.00000280. The summed E-state index contributed by atoms with van der Waals surface area (Å²) >= 11 is 0. The van der Waals surface area contributed by atoms with Crippen molar-refractivity contribution in [1.82, 2.24) is 0 Å². The second-order valence-corrected chi connectivity index (χ2v) is 8.53. The number of hydrogen-bond acceptors (Lipinski definition) is 1. The number of ether oxygens (including phenoxy) is 1. The second kappa shape index (κ2) is 11.5. The van der Waals surface area contributed by atoms with Crippen LogP contribution >= 0.6 is 0 Å². The molecule has 0 N–H and O–H groups in total. The zero-order valence-electron chi connectivity index (χ0n) is 18.0. The van der Waals surface area contributed by atoms with Crippen molar-refractivity contribution in [2.24, 2.45) is 0 Å². The molecule has 1 aliphatic heterocycles. The Hall–Kier alpha value is -0.696. The predicted molar refractivity (Wildman–Crippen MR) is 114 cm³/mol. The van der Waals surface area contributed by atoms with Gasteiger partial charge >= 0.3 is 0 Å². The van der Waals surface area contributed by atoms with Crippen LogP contribution in [0.3, 0.4) is 0 Å². The van der Waals surface area contributed by atoms with Gasteiger partial charge in [0.05, 0.1) is 13.1 Å². The fourth-order valence-corrected chi connectivity index (χ4v) is 4.68. The normalized spacial score (nSPS) is 17.7. The van der Waals surface area contributed by atoms with Crippen molar-refractivity contribution in [3.63, 3.8) is 0 Å². The Labute approximate surface area is 197 Å². The number of quaternary nitrogens is 1. The summed E-state index contributed by atoms with van der Waals surface area (Å²) in [6.45, 7) is 11.3. The van der Waals surface area contributed by atoms with Crippen molar-refractivity contribution in [2.45, 2.75) is 65.5 Å². The molecule has 2 aromatic rings. The average Bonchev–Trinajstić information content (AvgIpc) is 2.63. The average molecular weight is 455 g/mol. The number of para-hydroxylation sites is 1. The molecule has 1 fully saturated rings. The van der Waals surface area contributed by atoms with Crippen LogP contribution in [-0.4, -0.2) is 30.2 Å². The van der Waals surface area contributed by atoms with Gasteiger partial charge in [-0.15, -0.1) is 0 Å². The van der Waals surface area contributed by atoms with Gasteiger partial charge in [0, 0.05) is 38.3 Å². The third-order valence-corrected chi connectivity index (χ3v) is 6.00. The zero-order valence-corrected chi connectivity index (χ0v) is 20.8. The standard InChI is InChI=1S/C25H36NO.Y/c1-21-13-12-14-22(2)25(21)27-23(3)19-26(17-10-5-4-6-11-18-26)20-24-15-8-7-9-16-24;/h7-9,12-16,23H,4-6,10-11,17-20H2,1-3H3;/q+1;. The van der Waals surface area contributed by atoms with E-state index in [2.05, 4.69) is 69.3 Å². The van der Waals surface area contributed by atoms with Crippen LogP contribution in [0, 0.1) is 13.8 Å². The summed E-state index contributed by atoms with van der Waals surface area (Å²) in [6, 6.07) is 17.5. The summed E-state index contributed by atoms with van der Waals surface area (Å²) in [5, 5.41) is 0. The molecule has 149 valence electrons. The van der Waals surface area contributed by atoms with Crippen LogP contribution in [0.4, 0.5) is 0 Å². The minimum atomic E-state index is 0. The van der Waals surface area contributed by atoms with Crippen molar-refractivity contribution < 1.29 is 41.9 Å². The first-order valence-corrected chi connectivity index (χ1v) is 10.7. The molecule has 1 saturated heterocycles. The number of aryl methyl sites for hydroxylation is 2. The van der Waals surface area contributed by atoms with Crippen LogP contribution in [0.1, 0.15) is 55.7 Å². The molecule has 2 nitrogen and oxygen atoms in total. The van der Waals surface area contributed by atoms with E-state index in [-0.39, 0.29) is 38.8 Å². The van der Waals surface area contributed by atoms with Gasteiger partial charge in [0.15, 0.2) is 0 Å². The summed E-state index contributed by atoms with van der Waals surface area (Å²) in [4.78, 5) is 0. The molecule has 28 heavy (non-hydrogen) atoms. The van der Waals surface area contributed by atoms with Gasteiger partial charge in [0.1, 0.15) is 24.9 Å². The van der Waals surface area contributed by atoms with Crippen LogP contribution in [0.2, 0.25) is 0 Å². The first kappa shape index (κ1) is 23.6. The molecule has 0 saturated carbocycles. The minimum absolute atomic E-state index is 0. The third kappa shape index (κ3) is 6.68. The Morgan fingerprint density at radius 2 is 1.39 bits per heavy atom. The summed E-state index contributed by atoms with van der Waals surface area (Å²) in [6.07, 6.45) is 7.04. The van der Waals surface area contributed by atoms with E-state index in [9.17, 15) is 0 Å². The smallest absolute Gasteiger partial charge is 0.145 e. The fourth-order valence-electron chi connectivity index (χ4n) is 4.68. The first-order valence-electron chi connectivity index (χ1n) is 10.7. The van der Waals surface area contributed by atoms with Gasteiger partial charge in [-0.05, 0) is 57.6 Å². The maximum atomic E-state index is 6.50. The van der Waals surface area contributed by atoms with Gasteiger partial charge in [0.25, 0.3) is 0 Å². The summed E-state index contributed by atoms with van der Waals surface area (Å²) in [7, 11) is 0. The van der Waals surface area contributed by atoms with E-state index in [1.807, 2.05) is 0 Å². The van der Waals surface area contributed by atoms with Crippen molar-refractivity contribution in [2.75, 3.05) is 19.6 Å². The number of rotatable bonds is 6. The van der Waals surface area contributed by atoms with Crippen LogP contribution in [0.5, 0.6) is 5.75 Å². The van der Waals surface area contributed by atoms with Crippen LogP contribution in [0.15, 0.2) is 48.5 Å². The summed E-state index contributed by atoms with van der Waals surface area (Å²) < 4.78 is 7.66. The molecule has 3 heteroatoms. The quantitative estimate of drug-likeness (QED) is 0.482. The summed E-state index contributed by atoms with van der Waals surface area (Å²) in [5.41, 5.74) is 3.94. The Kier molecular flexibility index (Phi) is 9.67. The van der Waals surface area contributed by atoms with E-state index < -0.39 is 0 Å². The fraction of sp³-hybridized carbons (Fsp3) is 0.520. The van der Waals surface area contributed by atoms with E-state index >= 15 is 0 Å². The van der Waals surface area contributed by atoms with Crippen LogP contribution in [0.25, 0.3) is 0 Å². The van der Waals surface area contributed by atoms with E-state index in [0.29, 0.717) is 0 Å². The maximum absolute atomic E-state index is 6.50. The van der Waals surface area contributed by atoms with E-state index in [0.717, 1.165) is 23.3 Å². The molecule has 0 amide bonds. The Bertz CT molecular complexity index is 687. The van der Waals surface area contributed by atoms with E-state index in [1.54, 1.807) is 0 Å². The Morgan fingerprint density at radius 1 is 0.821 bits per heavy atom. The molecule has 1 unspecified atom stereocenters. The van der Waals surface area contributed by atoms with Crippen LogP contribution in [-0.2, 0) is 39.3 Å². The molecule has 0 aliphatic carbocycles. The first-order chi connectivity index (χ1) is 13.1. The van der Waals surface area contributed by atoms with E-state index in [4.69, 9.17) is 4.74 Å². The summed E-state index contributed by atoms with van der Waals surface area (Å²) in [5.74, 6) is 1.08. The number of likely N-dealkylation sites (tertiary alicyclic amines) is 1. The van der Waals surface area contributed by atoms with E-state index in [1.165, 1.54) is 61.9 Å². The monoisotopic (exact) mass is 455 g/mol.